The van der Waals surface area contributed by atoms with Gasteiger partial charge in [-0.15, -0.1) is 0 Å². The second-order valence-corrected chi connectivity index (χ2v) is 4.78. The van der Waals surface area contributed by atoms with Gasteiger partial charge in [0.2, 0.25) is 11.8 Å². The van der Waals surface area contributed by atoms with E-state index in [-0.39, 0.29) is 0 Å². The van der Waals surface area contributed by atoms with Crippen molar-refractivity contribution in [3.8, 4) is 5.88 Å². The minimum Gasteiger partial charge on any atom is -0.481 e. The zero-order valence-electron chi connectivity index (χ0n) is 12.2. The predicted octanol–water partition coefficient (Wildman–Crippen LogP) is 1.79. The Morgan fingerprint density at radius 3 is 2.71 bits per heavy atom. The van der Waals surface area contributed by atoms with Crippen LogP contribution in [0.1, 0.15) is 27.0 Å². The van der Waals surface area contributed by atoms with E-state index in [1.807, 2.05) is 31.2 Å². The normalized spacial score (nSPS) is 10.4. The van der Waals surface area contributed by atoms with E-state index in [1.165, 1.54) is 0 Å². The third-order valence-electron chi connectivity index (χ3n) is 3.30. The van der Waals surface area contributed by atoms with E-state index in [0.717, 1.165) is 16.7 Å². The fourth-order valence-electron chi connectivity index (χ4n) is 2.12. The van der Waals surface area contributed by atoms with E-state index in [0.29, 0.717) is 24.5 Å². The molecule has 0 radical (unpaired) electrons. The summed E-state index contributed by atoms with van der Waals surface area (Å²) in [6.07, 6.45) is 1.70. The van der Waals surface area contributed by atoms with Gasteiger partial charge in [-0.2, -0.15) is 0 Å². The summed E-state index contributed by atoms with van der Waals surface area (Å²) >= 11 is 0. The number of ether oxygens (including phenoxy) is 1. The number of carbonyl (C=O) groups is 1. The van der Waals surface area contributed by atoms with Crippen LogP contribution in [0.3, 0.4) is 0 Å². The van der Waals surface area contributed by atoms with E-state index in [1.54, 1.807) is 19.4 Å². The average molecular weight is 285 g/mol. The molecule has 0 aliphatic heterocycles. The van der Waals surface area contributed by atoms with Crippen molar-refractivity contribution in [3.63, 3.8) is 0 Å². The molecule has 3 N–H and O–H groups in total. The number of pyridine rings is 1. The molecule has 0 atom stereocenters. The molecule has 0 fully saturated rings. The molecule has 0 bridgehead atoms. The van der Waals surface area contributed by atoms with Crippen LogP contribution in [0.4, 0.5) is 0 Å². The van der Waals surface area contributed by atoms with Gasteiger partial charge < -0.3 is 15.8 Å². The van der Waals surface area contributed by atoms with Gasteiger partial charge >= 0.3 is 0 Å². The first-order chi connectivity index (χ1) is 10.1. The molecule has 0 aliphatic rings. The lowest BCUT2D eigenvalue weighted by atomic mass is 10.0. The number of rotatable bonds is 6. The predicted molar refractivity (Wildman–Crippen MR) is 81.0 cm³/mol. The maximum atomic E-state index is 11.1. The van der Waals surface area contributed by atoms with E-state index >= 15 is 0 Å². The topological polar surface area (TPSA) is 77.2 Å². The van der Waals surface area contributed by atoms with Crippen LogP contribution in [0, 0.1) is 6.92 Å². The van der Waals surface area contributed by atoms with Gasteiger partial charge in [0.05, 0.1) is 7.11 Å². The monoisotopic (exact) mass is 285 g/mol. The number of aromatic nitrogens is 1. The molecule has 1 amide bonds. The van der Waals surface area contributed by atoms with Crippen molar-refractivity contribution in [1.29, 1.82) is 0 Å². The third-order valence-corrected chi connectivity index (χ3v) is 3.30. The van der Waals surface area contributed by atoms with Gasteiger partial charge in [0.25, 0.3) is 0 Å². The van der Waals surface area contributed by atoms with Crippen LogP contribution in [0.25, 0.3) is 0 Å². The largest absolute Gasteiger partial charge is 0.481 e. The Balaban J connectivity index is 1.99. The van der Waals surface area contributed by atoms with Crippen molar-refractivity contribution in [2.24, 2.45) is 5.73 Å². The quantitative estimate of drug-likeness (QED) is 0.848. The minimum absolute atomic E-state index is 0.405. The van der Waals surface area contributed by atoms with E-state index in [9.17, 15) is 4.79 Å². The molecular weight excluding hydrogens is 266 g/mol. The Labute approximate surface area is 124 Å². The SMILES string of the molecule is COc1ncccc1CNCc1ccc(C(N)=O)cc1C. The van der Waals surface area contributed by atoms with Crippen LogP contribution in [0.5, 0.6) is 5.88 Å². The molecule has 1 heterocycles. The molecule has 1 aromatic heterocycles. The highest BCUT2D eigenvalue weighted by atomic mass is 16.5. The third kappa shape index (κ3) is 3.79. The van der Waals surface area contributed by atoms with E-state index < -0.39 is 5.91 Å². The smallest absolute Gasteiger partial charge is 0.248 e. The summed E-state index contributed by atoms with van der Waals surface area (Å²) in [5, 5.41) is 3.35. The molecule has 0 unspecified atom stereocenters. The number of carbonyl (C=O) groups excluding carboxylic acids is 1. The number of methoxy groups -OCH3 is 1. The Kier molecular flexibility index (Phi) is 4.90. The van der Waals surface area contributed by atoms with Gasteiger partial charge in [0, 0.05) is 30.4 Å². The molecular formula is C16H19N3O2. The number of benzene rings is 1. The van der Waals surface area contributed by atoms with Crippen LogP contribution in [0.15, 0.2) is 36.5 Å². The lowest BCUT2D eigenvalue weighted by molar-refractivity contribution is 0.1000. The number of aryl methyl sites for hydroxylation is 1. The lowest BCUT2D eigenvalue weighted by Crippen LogP contribution is -2.15. The number of primary amides is 1. The molecule has 0 spiro atoms. The minimum atomic E-state index is -0.405. The maximum absolute atomic E-state index is 11.1. The van der Waals surface area contributed by atoms with Crippen molar-refractivity contribution in [3.05, 3.63) is 58.8 Å². The Morgan fingerprint density at radius 1 is 1.29 bits per heavy atom. The van der Waals surface area contributed by atoms with Gasteiger partial charge in [-0.25, -0.2) is 4.98 Å². The molecule has 1 aromatic carbocycles. The summed E-state index contributed by atoms with van der Waals surface area (Å²) in [4.78, 5) is 15.3. The fraction of sp³-hybridized carbons (Fsp3) is 0.250. The Hall–Kier alpha value is -2.40. The molecule has 2 rings (SSSR count). The summed E-state index contributed by atoms with van der Waals surface area (Å²) in [7, 11) is 1.61. The van der Waals surface area contributed by atoms with Gasteiger partial charge in [-0.05, 0) is 36.2 Å². The van der Waals surface area contributed by atoms with Gasteiger partial charge in [0.1, 0.15) is 0 Å². The van der Waals surface area contributed by atoms with E-state index in [4.69, 9.17) is 10.5 Å². The number of nitrogens with zero attached hydrogens (tertiary/aromatic N) is 1. The first kappa shape index (κ1) is 15.0. The zero-order chi connectivity index (χ0) is 15.2. The molecule has 0 saturated carbocycles. The van der Waals surface area contributed by atoms with Crippen LogP contribution in [-0.4, -0.2) is 18.0 Å². The highest BCUT2D eigenvalue weighted by Gasteiger charge is 2.06. The first-order valence-corrected chi connectivity index (χ1v) is 6.69. The lowest BCUT2D eigenvalue weighted by Gasteiger charge is -2.10. The molecule has 5 heteroatoms. The Bertz CT molecular complexity index is 641. The van der Waals surface area contributed by atoms with Crippen molar-refractivity contribution in [2.75, 3.05) is 7.11 Å². The van der Waals surface area contributed by atoms with Crippen molar-refractivity contribution >= 4 is 5.91 Å². The molecule has 0 aliphatic carbocycles. The second kappa shape index (κ2) is 6.85. The molecule has 110 valence electrons. The van der Waals surface area contributed by atoms with Crippen molar-refractivity contribution in [2.45, 2.75) is 20.0 Å². The van der Waals surface area contributed by atoms with Gasteiger partial charge in [-0.1, -0.05) is 12.1 Å². The summed E-state index contributed by atoms with van der Waals surface area (Å²) in [6, 6.07) is 9.33. The van der Waals surface area contributed by atoms with Crippen LogP contribution in [-0.2, 0) is 13.1 Å². The zero-order valence-corrected chi connectivity index (χ0v) is 12.2. The number of hydrogen-bond acceptors (Lipinski definition) is 4. The number of nitrogens with one attached hydrogen (secondary N) is 1. The van der Waals surface area contributed by atoms with Crippen LogP contribution >= 0.6 is 0 Å². The summed E-state index contributed by atoms with van der Waals surface area (Å²) in [5.74, 6) is 0.225. The number of amides is 1. The maximum Gasteiger partial charge on any atom is 0.248 e. The molecule has 5 nitrogen and oxygen atoms in total. The highest BCUT2D eigenvalue weighted by Crippen LogP contribution is 2.14. The fourth-order valence-corrected chi connectivity index (χ4v) is 2.12. The summed E-state index contributed by atoms with van der Waals surface area (Å²) < 4.78 is 5.21. The summed E-state index contributed by atoms with van der Waals surface area (Å²) in [6.45, 7) is 3.32. The van der Waals surface area contributed by atoms with Crippen molar-refractivity contribution < 1.29 is 9.53 Å². The van der Waals surface area contributed by atoms with Gasteiger partial charge in [0.15, 0.2) is 0 Å². The molecule has 0 saturated heterocycles. The number of nitrogens with two attached hydrogens (primary N) is 1. The first-order valence-electron chi connectivity index (χ1n) is 6.69. The molecule has 2 aromatic rings. The summed E-state index contributed by atoms with van der Waals surface area (Å²) in [5.41, 5.74) is 8.97. The average Bonchev–Trinajstić information content (AvgIpc) is 2.49. The second-order valence-electron chi connectivity index (χ2n) is 4.78. The van der Waals surface area contributed by atoms with Crippen molar-refractivity contribution in [1.82, 2.24) is 10.3 Å². The highest BCUT2D eigenvalue weighted by molar-refractivity contribution is 5.93. The number of hydrogen-bond donors (Lipinski definition) is 2. The standard InChI is InChI=1S/C16H19N3O2/c1-11-8-12(15(17)20)5-6-13(11)9-18-10-14-4-3-7-19-16(14)21-2/h3-8,18H,9-10H2,1-2H3,(H2,17,20). The molecule has 21 heavy (non-hydrogen) atoms. The van der Waals surface area contributed by atoms with Gasteiger partial charge in [-0.3, -0.25) is 4.79 Å². The van der Waals surface area contributed by atoms with Crippen LogP contribution < -0.4 is 15.8 Å². The Morgan fingerprint density at radius 2 is 2.05 bits per heavy atom. The van der Waals surface area contributed by atoms with E-state index in [2.05, 4.69) is 10.3 Å². The van der Waals surface area contributed by atoms with Crippen LogP contribution in [0.2, 0.25) is 0 Å².